The molecule has 2 rings (SSSR count). The first-order valence-corrected chi connectivity index (χ1v) is 8.71. The van der Waals surface area contributed by atoms with Crippen LogP contribution in [0.1, 0.15) is 24.2 Å². The van der Waals surface area contributed by atoms with E-state index < -0.39 is 0 Å². The van der Waals surface area contributed by atoms with E-state index in [0.29, 0.717) is 28.1 Å². The number of benzene rings is 2. The normalized spacial score (nSPS) is 10.8. The van der Waals surface area contributed by atoms with Crippen molar-refractivity contribution >= 4 is 61.5 Å². The molecule has 0 fully saturated rings. The van der Waals surface area contributed by atoms with Crippen LogP contribution in [0.4, 0.5) is 0 Å². The van der Waals surface area contributed by atoms with E-state index in [9.17, 15) is 4.79 Å². The van der Waals surface area contributed by atoms with Gasteiger partial charge in [-0.2, -0.15) is 0 Å². The Morgan fingerprint density at radius 3 is 2.17 bits per heavy atom. The molecule has 0 saturated heterocycles. The molecular weight excluding hydrogens is 345 g/mol. The van der Waals surface area contributed by atoms with Gasteiger partial charge in [0.1, 0.15) is 5.75 Å². The second-order valence-corrected chi connectivity index (χ2v) is 7.38. The van der Waals surface area contributed by atoms with E-state index in [1.165, 1.54) is 0 Å². The van der Waals surface area contributed by atoms with E-state index in [0.717, 1.165) is 11.1 Å². The van der Waals surface area contributed by atoms with Gasteiger partial charge in [0.05, 0.1) is 22.2 Å². The summed E-state index contributed by atoms with van der Waals surface area (Å²) >= 11 is 12.1. The first-order valence-electron chi connectivity index (χ1n) is 6.95. The summed E-state index contributed by atoms with van der Waals surface area (Å²) in [5, 5.41) is 1.71. The van der Waals surface area contributed by atoms with Crippen molar-refractivity contribution in [1.29, 1.82) is 0 Å². The zero-order valence-corrected chi connectivity index (χ0v) is 15.9. The summed E-state index contributed by atoms with van der Waals surface area (Å²) in [5.74, 6) is 1.29. The van der Waals surface area contributed by atoms with Gasteiger partial charge in [-0.1, -0.05) is 55.2 Å². The van der Waals surface area contributed by atoms with Gasteiger partial charge >= 0.3 is 0 Å². The molecule has 2 aromatic rings. The van der Waals surface area contributed by atoms with E-state index in [1.54, 1.807) is 18.2 Å². The molecule has 0 amide bonds. The SMILES string of the molecule is CC(C)COc1ccc(PC(=O)c2c(Cl)cccc2Cl)cc1.[Li]. The molecule has 0 aliphatic rings. The Labute approximate surface area is 160 Å². The molecule has 0 N–H and O–H groups in total. The maximum Gasteiger partial charge on any atom is 0.188 e. The van der Waals surface area contributed by atoms with Crippen molar-refractivity contribution < 1.29 is 9.53 Å². The molecule has 23 heavy (non-hydrogen) atoms. The van der Waals surface area contributed by atoms with Crippen molar-refractivity contribution in [3.63, 3.8) is 0 Å². The van der Waals surface area contributed by atoms with Crippen LogP contribution >= 0.6 is 31.8 Å². The van der Waals surface area contributed by atoms with Crippen molar-refractivity contribution in [2.45, 2.75) is 13.8 Å². The van der Waals surface area contributed by atoms with Crippen molar-refractivity contribution in [2.24, 2.45) is 5.92 Å². The molecule has 2 nitrogen and oxygen atoms in total. The third-order valence-electron chi connectivity index (χ3n) is 2.89. The average Bonchev–Trinajstić information content (AvgIpc) is 2.46. The smallest absolute Gasteiger partial charge is 0.188 e. The van der Waals surface area contributed by atoms with E-state index in [-0.39, 0.29) is 33.0 Å². The molecule has 0 heterocycles. The largest absolute Gasteiger partial charge is 0.493 e. The van der Waals surface area contributed by atoms with Gasteiger partial charge in [0.2, 0.25) is 0 Å². The number of carbonyl (C=O) groups excluding carboxylic acids is 1. The first-order chi connectivity index (χ1) is 10.5. The molecule has 0 aliphatic heterocycles. The van der Waals surface area contributed by atoms with Crippen LogP contribution in [0.2, 0.25) is 10.0 Å². The number of ether oxygens (including phenoxy) is 1. The molecule has 0 bridgehead atoms. The third-order valence-corrected chi connectivity index (χ3v) is 4.61. The molecule has 117 valence electrons. The predicted octanol–water partition coefficient (Wildman–Crippen LogP) is 4.79. The molecule has 1 radical (unpaired) electrons. The standard InChI is InChI=1S/C17H17Cl2O2P.Li/c1-11(2)10-21-12-6-8-13(9-7-12)22-17(20)16-14(18)4-3-5-15(16)19;/h3-9,11,22H,10H2,1-2H3;. The summed E-state index contributed by atoms with van der Waals surface area (Å²) in [7, 11) is -0.0211. The average molecular weight is 362 g/mol. The molecule has 0 aliphatic carbocycles. The quantitative estimate of drug-likeness (QED) is 0.546. The number of carbonyl (C=O) groups is 1. The van der Waals surface area contributed by atoms with Gasteiger partial charge in [-0.25, -0.2) is 0 Å². The molecule has 0 spiro atoms. The monoisotopic (exact) mass is 361 g/mol. The Kier molecular flexibility index (Phi) is 8.70. The summed E-state index contributed by atoms with van der Waals surface area (Å²) < 4.78 is 5.63. The summed E-state index contributed by atoms with van der Waals surface area (Å²) in [6.07, 6.45) is 0. The Bertz CT molecular complexity index is 640. The van der Waals surface area contributed by atoms with Gasteiger partial charge in [0.25, 0.3) is 0 Å². The minimum atomic E-state index is -0.0635. The molecule has 1 unspecified atom stereocenters. The third kappa shape index (κ3) is 6.15. The van der Waals surface area contributed by atoms with Gasteiger partial charge < -0.3 is 4.74 Å². The van der Waals surface area contributed by atoms with E-state index in [2.05, 4.69) is 13.8 Å². The van der Waals surface area contributed by atoms with Crippen LogP contribution in [-0.2, 0) is 0 Å². The van der Waals surface area contributed by atoms with Gasteiger partial charge in [-0.3, -0.25) is 4.79 Å². The molecule has 2 aromatic carbocycles. The van der Waals surface area contributed by atoms with Crippen LogP contribution < -0.4 is 10.0 Å². The summed E-state index contributed by atoms with van der Waals surface area (Å²) in [6.45, 7) is 4.87. The van der Waals surface area contributed by atoms with Crippen LogP contribution in [0.25, 0.3) is 0 Å². The minimum Gasteiger partial charge on any atom is -0.493 e. The molecular formula is C17H17Cl2LiO2P. The van der Waals surface area contributed by atoms with E-state index in [1.807, 2.05) is 24.3 Å². The topological polar surface area (TPSA) is 26.3 Å². The van der Waals surface area contributed by atoms with Crippen molar-refractivity contribution in [3.8, 4) is 5.75 Å². The second-order valence-electron chi connectivity index (χ2n) is 5.28. The number of hydrogen-bond donors (Lipinski definition) is 0. The van der Waals surface area contributed by atoms with Gasteiger partial charge in [-0.15, -0.1) is 0 Å². The Morgan fingerprint density at radius 2 is 1.65 bits per heavy atom. The van der Waals surface area contributed by atoms with Crippen LogP contribution in [0.3, 0.4) is 0 Å². The predicted molar refractivity (Wildman–Crippen MR) is 101 cm³/mol. The molecule has 6 heteroatoms. The fourth-order valence-corrected chi connectivity index (χ4v) is 3.52. The number of hydrogen-bond acceptors (Lipinski definition) is 2. The fourth-order valence-electron chi connectivity index (χ4n) is 1.81. The summed E-state index contributed by atoms with van der Waals surface area (Å²) in [4.78, 5) is 12.4. The Morgan fingerprint density at radius 1 is 1.09 bits per heavy atom. The van der Waals surface area contributed by atoms with Crippen molar-refractivity contribution in [2.75, 3.05) is 6.61 Å². The van der Waals surface area contributed by atoms with Crippen molar-refractivity contribution in [3.05, 3.63) is 58.1 Å². The zero-order chi connectivity index (χ0) is 16.1. The Balaban J connectivity index is 0.00000264. The van der Waals surface area contributed by atoms with Crippen LogP contribution in [0.5, 0.6) is 5.75 Å². The summed E-state index contributed by atoms with van der Waals surface area (Å²) in [6, 6.07) is 12.6. The first kappa shape index (κ1) is 20.6. The van der Waals surface area contributed by atoms with Crippen LogP contribution in [0, 0.1) is 5.92 Å². The van der Waals surface area contributed by atoms with E-state index in [4.69, 9.17) is 27.9 Å². The van der Waals surface area contributed by atoms with Crippen LogP contribution in [-0.4, -0.2) is 31.0 Å². The number of rotatable bonds is 6. The maximum atomic E-state index is 12.4. The maximum absolute atomic E-state index is 12.4. The molecule has 0 saturated carbocycles. The Hall–Kier alpha value is -0.483. The van der Waals surface area contributed by atoms with Gasteiger partial charge in [0.15, 0.2) is 5.52 Å². The minimum absolute atomic E-state index is 0. The number of halogens is 2. The van der Waals surface area contributed by atoms with Crippen LogP contribution in [0.15, 0.2) is 42.5 Å². The summed E-state index contributed by atoms with van der Waals surface area (Å²) in [5.41, 5.74) is 0.329. The zero-order valence-electron chi connectivity index (χ0n) is 13.4. The van der Waals surface area contributed by atoms with E-state index >= 15 is 0 Å². The van der Waals surface area contributed by atoms with Crippen molar-refractivity contribution in [1.82, 2.24) is 0 Å². The fraction of sp³-hybridized carbons (Fsp3) is 0.235. The van der Waals surface area contributed by atoms with Gasteiger partial charge in [0, 0.05) is 18.9 Å². The molecule has 0 aromatic heterocycles. The van der Waals surface area contributed by atoms with Gasteiger partial charge in [-0.05, 0) is 44.1 Å². The molecule has 1 atom stereocenters. The second kappa shape index (κ2) is 9.73.